The fourth-order valence-electron chi connectivity index (χ4n) is 2.21. The lowest BCUT2D eigenvalue weighted by Gasteiger charge is -2.24. The summed E-state index contributed by atoms with van der Waals surface area (Å²) in [5.74, 6) is 0.299. The van der Waals surface area contributed by atoms with Crippen molar-refractivity contribution in [2.24, 2.45) is 0 Å². The number of nitrogens with zero attached hydrogens (tertiary/aromatic N) is 1. The molecular formula is C10H18ClNO2S. The van der Waals surface area contributed by atoms with Crippen LogP contribution in [0.3, 0.4) is 0 Å². The third kappa shape index (κ3) is 3.47. The van der Waals surface area contributed by atoms with Gasteiger partial charge in [-0.1, -0.05) is 18.9 Å². The van der Waals surface area contributed by atoms with E-state index in [2.05, 4.69) is 4.90 Å². The van der Waals surface area contributed by atoms with E-state index in [0.29, 0.717) is 5.75 Å². The van der Waals surface area contributed by atoms with Gasteiger partial charge in [0.25, 0.3) is 0 Å². The molecule has 0 aromatic carbocycles. The van der Waals surface area contributed by atoms with E-state index in [1.165, 1.54) is 31.1 Å². The minimum absolute atomic E-state index is 0. The predicted molar refractivity (Wildman–Crippen MR) is 64.0 cm³/mol. The molecule has 0 N–H and O–H groups in total. The maximum Gasteiger partial charge on any atom is 0.173 e. The summed E-state index contributed by atoms with van der Waals surface area (Å²) in [6.45, 7) is 2.12. The first-order valence-electron chi connectivity index (χ1n) is 5.32. The molecule has 2 aliphatic rings. The number of likely N-dealkylation sites (tertiary alicyclic amines) is 1. The molecule has 0 saturated carbocycles. The van der Waals surface area contributed by atoms with Gasteiger partial charge in [-0.2, -0.15) is 0 Å². The fourth-order valence-corrected chi connectivity index (χ4v) is 3.54. The second kappa shape index (κ2) is 5.32. The zero-order valence-corrected chi connectivity index (χ0v) is 10.4. The highest BCUT2D eigenvalue weighted by Crippen LogP contribution is 2.18. The molecule has 0 amide bonds. The van der Waals surface area contributed by atoms with Gasteiger partial charge in [-0.15, -0.1) is 12.4 Å². The largest absolute Gasteiger partial charge is 0.296 e. The van der Waals surface area contributed by atoms with Crippen LogP contribution in [-0.4, -0.2) is 38.2 Å². The van der Waals surface area contributed by atoms with Gasteiger partial charge >= 0.3 is 0 Å². The van der Waals surface area contributed by atoms with E-state index >= 15 is 0 Å². The fraction of sp³-hybridized carbons (Fsp3) is 0.800. The Kier molecular flexibility index (Phi) is 4.62. The molecular weight excluding hydrogens is 234 g/mol. The van der Waals surface area contributed by atoms with Crippen LogP contribution in [0.15, 0.2) is 11.5 Å². The van der Waals surface area contributed by atoms with Crippen LogP contribution < -0.4 is 0 Å². The average Bonchev–Trinajstić information content (AvgIpc) is 2.42. The van der Waals surface area contributed by atoms with Gasteiger partial charge in [0.1, 0.15) is 0 Å². The molecule has 0 aromatic heterocycles. The van der Waals surface area contributed by atoms with Crippen molar-refractivity contribution in [3.8, 4) is 0 Å². The van der Waals surface area contributed by atoms with Crippen LogP contribution in [0.5, 0.6) is 0 Å². The maximum atomic E-state index is 11.3. The van der Waals surface area contributed by atoms with Crippen molar-refractivity contribution in [3.05, 3.63) is 11.5 Å². The van der Waals surface area contributed by atoms with Crippen LogP contribution >= 0.6 is 12.4 Å². The van der Waals surface area contributed by atoms with Crippen LogP contribution in [0.1, 0.15) is 25.7 Å². The van der Waals surface area contributed by atoms with Crippen LogP contribution in [-0.2, 0) is 9.84 Å². The van der Waals surface area contributed by atoms with Crippen LogP contribution in [0.25, 0.3) is 0 Å². The van der Waals surface area contributed by atoms with Crippen molar-refractivity contribution in [1.29, 1.82) is 0 Å². The third-order valence-electron chi connectivity index (χ3n) is 3.02. The SMILES string of the molecule is Cl.O=S1(=O)C=CC(N2CCCCCC2)C1. The van der Waals surface area contributed by atoms with Crippen molar-refractivity contribution >= 4 is 22.2 Å². The molecule has 0 spiro atoms. The zero-order valence-electron chi connectivity index (χ0n) is 8.76. The molecule has 0 radical (unpaired) electrons. The van der Waals surface area contributed by atoms with E-state index in [-0.39, 0.29) is 18.4 Å². The lowest BCUT2D eigenvalue weighted by molar-refractivity contribution is 0.255. The van der Waals surface area contributed by atoms with Gasteiger partial charge in [-0.05, 0) is 25.9 Å². The van der Waals surface area contributed by atoms with Gasteiger partial charge in [-0.25, -0.2) is 8.42 Å². The molecule has 2 rings (SSSR count). The molecule has 3 nitrogen and oxygen atoms in total. The Bertz CT molecular complexity index is 318. The predicted octanol–water partition coefficient (Wildman–Crippen LogP) is 1.59. The van der Waals surface area contributed by atoms with E-state index in [0.717, 1.165) is 13.1 Å². The van der Waals surface area contributed by atoms with E-state index < -0.39 is 9.84 Å². The molecule has 0 bridgehead atoms. The topological polar surface area (TPSA) is 37.4 Å². The van der Waals surface area contributed by atoms with Gasteiger partial charge in [0.05, 0.1) is 5.75 Å². The quantitative estimate of drug-likeness (QED) is 0.710. The standard InChI is InChI=1S/C10H17NO2S.ClH/c12-14(13)8-5-10(9-14)11-6-3-1-2-4-7-11;/h5,8,10H,1-4,6-7,9H2;1H. The number of rotatable bonds is 1. The Morgan fingerprint density at radius 3 is 2.13 bits per heavy atom. The van der Waals surface area contributed by atoms with Gasteiger partial charge in [0.2, 0.25) is 0 Å². The maximum absolute atomic E-state index is 11.3. The third-order valence-corrected chi connectivity index (χ3v) is 4.40. The molecule has 2 aliphatic heterocycles. The zero-order chi connectivity index (χ0) is 10.0. The van der Waals surface area contributed by atoms with Crippen LogP contribution in [0.2, 0.25) is 0 Å². The molecule has 0 aliphatic carbocycles. The average molecular weight is 252 g/mol. The van der Waals surface area contributed by atoms with E-state index in [4.69, 9.17) is 0 Å². The summed E-state index contributed by atoms with van der Waals surface area (Å²) in [5, 5.41) is 1.38. The Morgan fingerprint density at radius 1 is 1.07 bits per heavy atom. The molecule has 5 heteroatoms. The van der Waals surface area contributed by atoms with Gasteiger partial charge in [0, 0.05) is 11.4 Å². The molecule has 1 fully saturated rings. The second-order valence-electron chi connectivity index (χ2n) is 4.18. The normalized spacial score (nSPS) is 30.8. The van der Waals surface area contributed by atoms with Crippen molar-refractivity contribution < 1.29 is 8.42 Å². The molecule has 1 saturated heterocycles. The minimum atomic E-state index is -2.88. The van der Waals surface area contributed by atoms with Gasteiger partial charge in [0.15, 0.2) is 9.84 Å². The molecule has 88 valence electrons. The molecule has 1 unspecified atom stereocenters. The molecule has 15 heavy (non-hydrogen) atoms. The smallest absolute Gasteiger partial charge is 0.173 e. The van der Waals surface area contributed by atoms with Crippen molar-refractivity contribution in [3.63, 3.8) is 0 Å². The van der Waals surface area contributed by atoms with E-state index in [1.54, 1.807) is 0 Å². The number of halogens is 1. The molecule has 0 aromatic rings. The number of hydrogen-bond donors (Lipinski definition) is 0. The van der Waals surface area contributed by atoms with Crippen molar-refractivity contribution in [2.75, 3.05) is 18.8 Å². The highest BCUT2D eigenvalue weighted by atomic mass is 35.5. The molecule has 2 heterocycles. The Hall–Kier alpha value is -0.0600. The van der Waals surface area contributed by atoms with Gasteiger partial charge in [-0.3, -0.25) is 4.90 Å². The lowest BCUT2D eigenvalue weighted by Crippen LogP contribution is -2.36. The first-order chi connectivity index (χ1) is 6.67. The summed E-state index contributed by atoms with van der Waals surface area (Å²) >= 11 is 0. The van der Waals surface area contributed by atoms with E-state index in [9.17, 15) is 8.42 Å². The summed E-state index contributed by atoms with van der Waals surface area (Å²) < 4.78 is 22.5. The first kappa shape index (κ1) is 13.0. The lowest BCUT2D eigenvalue weighted by atomic mass is 10.2. The minimum Gasteiger partial charge on any atom is -0.296 e. The highest BCUT2D eigenvalue weighted by molar-refractivity contribution is 7.94. The van der Waals surface area contributed by atoms with Crippen LogP contribution in [0, 0.1) is 0 Å². The summed E-state index contributed by atoms with van der Waals surface area (Å²) in [4.78, 5) is 2.31. The van der Waals surface area contributed by atoms with E-state index in [1.807, 2.05) is 6.08 Å². The Labute approximate surface area is 97.9 Å². The van der Waals surface area contributed by atoms with Crippen LogP contribution in [0.4, 0.5) is 0 Å². The van der Waals surface area contributed by atoms with Crippen molar-refractivity contribution in [1.82, 2.24) is 4.90 Å². The summed E-state index contributed by atoms with van der Waals surface area (Å²) in [7, 11) is -2.88. The number of sulfone groups is 1. The number of hydrogen-bond acceptors (Lipinski definition) is 3. The molecule has 1 atom stereocenters. The van der Waals surface area contributed by atoms with Gasteiger partial charge < -0.3 is 0 Å². The highest BCUT2D eigenvalue weighted by Gasteiger charge is 2.26. The Morgan fingerprint density at radius 2 is 1.67 bits per heavy atom. The summed E-state index contributed by atoms with van der Waals surface area (Å²) in [6, 6.07) is 0.151. The van der Waals surface area contributed by atoms with Crippen molar-refractivity contribution in [2.45, 2.75) is 31.7 Å². The summed E-state index contributed by atoms with van der Waals surface area (Å²) in [5.41, 5.74) is 0. The summed E-state index contributed by atoms with van der Waals surface area (Å²) in [6.07, 6.45) is 6.86. The monoisotopic (exact) mass is 251 g/mol. The first-order valence-corrected chi connectivity index (χ1v) is 7.04. The Balaban J connectivity index is 0.00000112. The second-order valence-corrected chi connectivity index (χ2v) is 6.11.